The number of anilines is 1. The summed E-state index contributed by atoms with van der Waals surface area (Å²) in [5.74, 6) is 0.196. The molecule has 0 aliphatic rings. The quantitative estimate of drug-likeness (QED) is 0.110. The van der Waals surface area contributed by atoms with E-state index < -0.39 is 14.9 Å². The molecule has 0 N–H and O–H groups in total. The number of aliphatic imine (C=N–C) groups is 1. The van der Waals surface area contributed by atoms with E-state index in [9.17, 15) is 18.5 Å². The van der Waals surface area contributed by atoms with Gasteiger partial charge in [0.2, 0.25) is 0 Å². The van der Waals surface area contributed by atoms with Crippen LogP contribution in [-0.4, -0.2) is 19.2 Å². The highest BCUT2D eigenvalue weighted by Crippen LogP contribution is 2.30. The Morgan fingerprint density at radius 2 is 1.30 bits per heavy atom. The second-order valence-electron chi connectivity index (χ2n) is 8.19. The van der Waals surface area contributed by atoms with E-state index in [4.69, 9.17) is 4.99 Å². The molecule has 0 amide bonds. The average molecular weight is 508 g/mol. The molecule has 8 heteroatoms. The Morgan fingerprint density at radius 1 is 0.703 bits per heavy atom. The van der Waals surface area contributed by atoms with E-state index in [0.717, 1.165) is 10.8 Å². The molecule has 0 unspecified atom stereocenters. The van der Waals surface area contributed by atoms with Gasteiger partial charge in [-0.25, -0.2) is 17.7 Å². The predicted molar refractivity (Wildman–Crippen MR) is 146 cm³/mol. The number of hydrogen-bond acceptors (Lipinski definition) is 5. The highest BCUT2D eigenvalue weighted by Gasteiger charge is 2.31. The van der Waals surface area contributed by atoms with Crippen molar-refractivity contribution in [3.63, 3.8) is 0 Å². The molecule has 5 aromatic rings. The fourth-order valence-electron chi connectivity index (χ4n) is 3.96. The third-order valence-corrected chi connectivity index (χ3v) is 7.50. The van der Waals surface area contributed by atoms with Crippen molar-refractivity contribution in [2.45, 2.75) is 4.90 Å². The molecule has 182 valence electrons. The topological polar surface area (TPSA) is 92.9 Å². The van der Waals surface area contributed by atoms with Crippen molar-refractivity contribution in [1.29, 1.82) is 0 Å². The maximum atomic E-state index is 14.2. The maximum Gasteiger partial charge on any atom is 0.269 e. The Balaban J connectivity index is 1.76. The summed E-state index contributed by atoms with van der Waals surface area (Å²) in [6.45, 7) is 0. The van der Waals surface area contributed by atoms with E-state index in [2.05, 4.69) is 0 Å². The molecule has 7 nitrogen and oxygen atoms in total. The van der Waals surface area contributed by atoms with Gasteiger partial charge in [-0.1, -0.05) is 72.8 Å². The minimum atomic E-state index is -4.24. The van der Waals surface area contributed by atoms with Gasteiger partial charge in [0.1, 0.15) is 0 Å². The van der Waals surface area contributed by atoms with Crippen LogP contribution in [0.5, 0.6) is 0 Å². The number of nitro benzene ring substituents is 1. The Morgan fingerprint density at radius 3 is 1.95 bits per heavy atom. The van der Waals surface area contributed by atoms with Crippen LogP contribution in [-0.2, 0) is 10.0 Å². The summed E-state index contributed by atoms with van der Waals surface area (Å²) in [6.07, 6.45) is 0. The number of amidine groups is 1. The lowest BCUT2D eigenvalue weighted by molar-refractivity contribution is -0.384. The number of nitro groups is 1. The summed E-state index contributed by atoms with van der Waals surface area (Å²) in [4.78, 5) is 15.3. The van der Waals surface area contributed by atoms with Crippen LogP contribution in [0.25, 0.3) is 10.8 Å². The van der Waals surface area contributed by atoms with Gasteiger partial charge in [-0.15, -0.1) is 0 Å². The first-order valence-electron chi connectivity index (χ1n) is 11.4. The second-order valence-corrected chi connectivity index (χ2v) is 9.98. The number of rotatable bonds is 6. The van der Waals surface area contributed by atoms with Crippen LogP contribution in [0.3, 0.4) is 0 Å². The maximum absolute atomic E-state index is 14.2. The average Bonchev–Trinajstić information content (AvgIpc) is 2.93. The molecule has 0 heterocycles. The van der Waals surface area contributed by atoms with Crippen molar-refractivity contribution >= 4 is 43.7 Å². The van der Waals surface area contributed by atoms with Gasteiger partial charge in [-0.05, 0) is 53.2 Å². The Hall–Kier alpha value is -4.82. The number of non-ortho nitro benzene ring substituents is 1. The van der Waals surface area contributed by atoms with Crippen LogP contribution >= 0.6 is 0 Å². The zero-order valence-electron chi connectivity index (χ0n) is 19.5. The van der Waals surface area contributed by atoms with Crippen LogP contribution in [0.2, 0.25) is 0 Å². The van der Waals surface area contributed by atoms with Gasteiger partial charge in [0.15, 0.2) is 5.84 Å². The molecule has 0 aromatic heterocycles. The zero-order chi connectivity index (χ0) is 25.8. The summed E-state index contributed by atoms with van der Waals surface area (Å²) in [5.41, 5.74) is 1.35. The molecular weight excluding hydrogens is 486 g/mol. The Labute approximate surface area is 214 Å². The van der Waals surface area contributed by atoms with Gasteiger partial charge in [-0.3, -0.25) is 10.1 Å². The number of fused-ring (bicyclic) bond motifs is 1. The summed E-state index contributed by atoms with van der Waals surface area (Å²) in [5, 5.41) is 13.1. The van der Waals surface area contributed by atoms with E-state index in [1.165, 1.54) is 28.6 Å². The van der Waals surface area contributed by atoms with Crippen molar-refractivity contribution in [3.8, 4) is 0 Å². The van der Waals surface area contributed by atoms with E-state index >= 15 is 0 Å². The molecule has 0 saturated heterocycles. The predicted octanol–water partition coefficient (Wildman–Crippen LogP) is 6.72. The van der Waals surface area contributed by atoms with E-state index in [-0.39, 0.29) is 16.4 Å². The molecule has 5 rings (SSSR count). The Bertz CT molecular complexity index is 1700. The Kier molecular flexibility index (Phi) is 6.49. The molecule has 0 saturated carbocycles. The lowest BCUT2D eigenvalue weighted by Crippen LogP contribution is -2.37. The molecule has 0 spiro atoms. The second kappa shape index (κ2) is 10.0. The number of benzene rings is 5. The van der Waals surface area contributed by atoms with Gasteiger partial charge < -0.3 is 0 Å². The summed E-state index contributed by atoms with van der Waals surface area (Å²) >= 11 is 0. The van der Waals surface area contributed by atoms with Crippen molar-refractivity contribution in [1.82, 2.24) is 0 Å². The van der Waals surface area contributed by atoms with Crippen LogP contribution < -0.4 is 4.31 Å². The zero-order valence-corrected chi connectivity index (χ0v) is 20.3. The molecule has 37 heavy (non-hydrogen) atoms. The summed E-state index contributed by atoms with van der Waals surface area (Å²) in [6, 6.07) is 36.1. The third kappa shape index (κ3) is 4.96. The summed E-state index contributed by atoms with van der Waals surface area (Å²) < 4.78 is 29.5. The lowest BCUT2D eigenvalue weighted by atomic mass is 10.1. The fraction of sp³-hybridized carbons (Fsp3) is 0. The smallest absolute Gasteiger partial charge is 0.258 e. The summed E-state index contributed by atoms with van der Waals surface area (Å²) in [7, 11) is -4.24. The first kappa shape index (κ1) is 23.9. The number of sulfonamides is 1. The normalized spacial score (nSPS) is 11.8. The van der Waals surface area contributed by atoms with Crippen LogP contribution in [0, 0.1) is 10.1 Å². The van der Waals surface area contributed by atoms with Crippen molar-refractivity contribution in [3.05, 3.63) is 143 Å². The highest BCUT2D eigenvalue weighted by molar-refractivity contribution is 7.93. The molecule has 0 fully saturated rings. The van der Waals surface area contributed by atoms with Crippen molar-refractivity contribution in [2.24, 2.45) is 4.99 Å². The fourth-order valence-corrected chi connectivity index (χ4v) is 5.43. The molecule has 0 aliphatic carbocycles. The van der Waals surface area contributed by atoms with E-state index in [1.807, 2.05) is 60.7 Å². The SMILES string of the molecule is O=[N+]([O-])c1ccc(S(=O)(=O)N(C(=Nc2ccccc2)c2ccc3ccccc3c2)c2ccccc2)cc1. The minimum Gasteiger partial charge on any atom is -0.258 e. The number of hydrogen-bond donors (Lipinski definition) is 0. The molecule has 0 aliphatic heterocycles. The molecule has 0 bridgehead atoms. The van der Waals surface area contributed by atoms with E-state index in [0.29, 0.717) is 16.9 Å². The van der Waals surface area contributed by atoms with E-state index in [1.54, 1.807) is 42.5 Å². The van der Waals surface area contributed by atoms with Gasteiger partial charge in [-0.2, -0.15) is 0 Å². The largest absolute Gasteiger partial charge is 0.269 e. The van der Waals surface area contributed by atoms with Crippen LogP contribution in [0.1, 0.15) is 5.56 Å². The highest BCUT2D eigenvalue weighted by atomic mass is 32.2. The number of nitrogens with zero attached hydrogens (tertiary/aromatic N) is 3. The molecule has 0 atom stereocenters. The lowest BCUT2D eigenvalue weighted by Gasteiger charge is -2.26. The van der Waals surface area contributed by atoms with Crippen LogP contribution in [0.15, 0.2) is 137 Å². The standard InChI is InChI=1S/C29H21N3O4S/c33-32(34)27-17-19-28(20-18-27)37(35,36)31(26-13-5-2-6-14-26)29(30-25-11-3-1-4-12-25)24-16-15-22-9-7-8-10-23(22)21-24/h1-21H. The molecule has 0 radical (unpaired) electrons. The van der Waals surface area contributed by atoms with Gasteiger partial charge in [0, 0.05) is 17.7 Å². The van der Waals surface area contributed by atoms with Crippen LogP contribution in [0.4, 0.5) is 17.1 Å². The number of para-hydroxylation sites is 2. The monoisotopic (exact) mass is 507 g/mol. The minimum absolute atomic E-state index is 0.0940. The van der Waals surface area contributed by atoms with Gasteiger partial charge in [0.25, 0.3) is 15.7 Å². The molecular formula is C29H21N3O4S. The van der Waals surface area contributed by atoms with Gasteiger partial charge >= 0.3 is 0 Å². The van der Waals surface area contributed by atoms with Gasteiger partial charge in [0.05, 0.1) is 21.2 Å². The third-order valence-electron chi connectivity index (χ3n) is 5.77. The first-order valence-corrected chi connectivity index (χ1v) is 12.9. The van der Waals surface area contributed by atoms with Crippen molar-refractivity contribution < 1.29 is 13.3 Å². The molecule has 5 aromatic carbocycles. The first-order chi connectivity index (χ1) is 17.9. The van der Waals surface area contributed by atoms with Crippen molar-refractivity contribution in [2.75, 3.05) is 4.31 Å².